The Kier molecular flexibility index (Phi) is 9.30. The van der Waals surface area contributed by atoms with Gasteiger partial charge in [0.05, 0.1) is 12.1 Å². The number of phenols is 2. The molecule has 2 aromatic heterocycles. The molecule has 0 radical (unpaired) electrons. The van der Waals surface area contributed by atoms with Crippen LogP contribution in [0.15, 0.2) is 47.2 Å². The predicted octanol–water partition coefficient (Wildman–Crippen LogP) is -0.434. The molecule has 2 amide bonds. The molecule has 20 heteroatoms. The number of amides is 2. The van der Waals surface area contributed by atoms with Crippen LogP contribution in [0.4, 0.5) is 16.8 Å². The zero-order valence-electron chi connectivity index (χ0n) is 25.0. The molecule has 3 aromatic rings. The third kappa shape index (κ3) is 6.47. The number of β-lactam (4-membered cyclic amide) rings is 1. The fourth-order valence-electron chi connectivity index (χ4n) is 4.94. The molecule has 252 valence electrons. The number of phenolic OH excluding ortho intramolecular Hbond substituents is 2. The van der Waals surface area contributed by atoms with Crippen LogP contribution in [0, 0.1) is 12.3 Å². The van der Waals surface area contributed by atoms with Crippen LogP contribution in [0.2, 0.25) is 0 Å². The molecule has 1 aromatic carbocycles. The normalized spacial score (nSPS) is 21.3. The van der Waals surface area contributed by atoms with Gasteiger partial charge in [-0.2, -0.15) is 0 Å². The van der Waals surface area contributed by atoms with Crippen molar-refractivity contribution in [1.82, 2.24) is 20.2 Å². The molecule has 5 rings (SSSR count). The topological polar surface area (TPSA) is 294 Å². The number of thiazole rings is 1. The van der Waals surface area contributed by atoms with Gasteiger partial charge in [0.15, 0.2) is 22.3 Å². The zero-order chi connectivity index (χ0) is 34.9. The number of carboxylic acid groups (broad SMARTS) is 2. The van der Waals surface area contributed by atoms with Crippen LogP contribution in [0.1, 0.15) is 22.9 Å². The van der Waals surface area contributed by atoms with Gasteiger partial charge in [-0.25, -0.2) is 14.3 Å². The lowest BCUT2D eigenvalue weighted by atomic mass is 9.86. The molecular formula is C28H30N9O9S2+. The number of aromatic hydroxyl groups is 2. The van der Waals surface area contributed by atoms with Gasteiger partial charge in [-0.3, -0.25) is 14.4 Å². The largest absolute Gasteiger partial charge is 0.504 e. The van der Waals surface area contributed by atoms with Crippen LogP contribution in [-0.4, -0.2) is 88.5 Å². The average molecular weight is 701 g/mol. The zero-order valence-corrected chi connectivity index (χ0v) is 26.6. The molecule has 4 atom stereocenters. The number of hydrogen-bond acceptors (Lipinski definition) is 15. The third-order valence-corrected chi connectivity index (χ3v) is 9.95. The molecule has 18 nitrogen and oxygen atoms in total. The lowest BCUT2D eigenvalue weighted by molar-refractivity contribution is -0.675. The summed E-state index contributed by atoms with van der Waals surface area (Å²) in [6, 6.07) is 2.13. The van der Waals surface area contributed by atoms with Gasteiger partial charge >= 0.3 is 11.9 Å². The maximum atomic E-state index is 13.4. The van der Waals surface area contributed by atoms with Crippen LogP contribution in [0.5, 0.6) is 11.5 Å². The molecule has 2 fully saturated rings. The van der Waals surface area contributed by atoms with E-state index in [1.165, 1.54) is 28.7 Å². The Hall–Kier alpha value is -5.63. The van der Waals surface area contributed by atoms with E-state index in [9.17, 15) is 39.6 Å². The third-order valence-electron chi connectivity index (χ3n) is 7.73. The summed E-state index contributed by atoms with van der Waals surface area (Å²) in [5.41, 5.74) is 16.1. The molecular weight excluding hydrogens is 670 g/mol. The lowest BCUT2D eigenvalue weighted by Crippen LogP contribution is -2.73. The van der Waals surface area contributed by atoms with Crippen molar-refractivity contribution in [2.75, 3.05) is 29.5 Å². The highest BCUT2D eigenvalue weighted by atomic mass is 32.2. The minimum Gasteiger partial charge on any atom is -0.504 e. The molecule has 48 heavy (non-hydrogen) atoms. The van der Waals surface area contributed by atoms with E-state index in [0.29, 0.717) is 11.4 Å². The van der Waals surface area contributed by atoms with Crippen molar-refractivity contribution in [3.63, 3.8) is 0 Å². The number of benzene rings is 1. The molecule has 11 N–H and O–H groups in total. The molecule has 0 aliphatic carbocycles. The average Bonchev–Trinajstić information content (AvgIpc) is 3.48. The van der Waals surface area contributed by atoms with E-state index in [2.05, 4.69) is 20.4 Å². The van der Waals surface area contributed by atoms with Crippen molar-refractivity contribution >= 4 is 69.3 Å². The van der Waals surface area contributed by atoms with Gasteiger partial charge in [0.25, 0.3) is 5.91 Å². The molecule has 2 saturated heterocycles. The number of hydrogen-bond donors (Lipinski definition) is 8. The first kappa shape index (κ1) is 33.7. The van der Waals surface area contributed by atoms with Gasteiger partial charge < -0.3 is 52.7 Å². The van der Waals surface area contributed by atoms with Gasteiger partial charge in [0.2, 0.25) is 30.0 Å². The first-order valence-corrected chi connectivity index (χ1v) is 15.9. The van der Waals surface area contributed by atoms with Crippen LogP contribution in [-0.2, 0) is 30.6 Å². The number of carbonyl (C=O) groups excluding carboxylic acids is 2. The molecule has 3 unspecified atom stereocenters. The molecule has 2 aliphatic rings. The Morgan fingerprint density at radius 1 is 1.25 bits per heavy atom. The van der Waals surface area contributed by atoms with Gasteiger partial charge in [-0.1, -0.05) is 28.4 Å². The standard InChI is InChI=1S/C28H29N9O9S2/c1-12-20(29)32-11-36(21(12)30)6-2-5-28(26(44)45)9-37-23(41)18(24(37)48-10-28)34-22(40)17(14-8-47-27(31)33-14)35-46-19(25(42)43)13-3-4-15(38)16(39)7-13/h2-5,7-8,11,18-19,24H,6,9-10H2,1H3,(H10,29,30,31,33,34,35,38,39,40,42,43,44,45)/p+1/t18?,19?,24-,28?/m1/s1. The van der Waals surface area contributed by atoms with Gasteiger partial charge in [-0.15, -0.1) is 23.1 Å². The monoisotopic (exact) mass is 700 g/mol. The Balaban J connectivity index is 1.31. The van der Waals surface area contributed by atoms with Crippen LogP contribution >= 0.6 is 23.1 Å². The van der Waals surface area contributed by atoms with Crippen molar-refractivity contribution in [3.05, 3.63) is 58.9 Å². The minimum absolute atomic E-state index is 0.0624. The second kappa shape index (κ2) is 13.2. The Morgan fingerprint density at radius 3 is 2.65 bits per heavy atom. The van der Waals surface area contributed by atoms with Crippen LogP contribution in [0.25, 0.3) is 0 Å². The van der Waals surface area contributed by atoms with E-state index in [-0.39, 0.29) is 41.0 Å². The number of rotatable bonds is 11. The second-order valence-electron chi connectivity index (χ2n) is 10.9. The fraction of sp³-hybridized carbons (Fsp3) is 0.286. The Morgan fingerprint density at radius 2 is 2.00 bits per heavy atom. The fourth-order valence-corrected chi connectivity index (χ4v) is 7.00. The number of thioether (sulfide) groups is 1. The second-order valence-corrected chi connectivity index (χ2v) is 12.9. The number of allylic oxidation sites excluding steroid dienone is 1. The van der Waals surface area contributed by atoms with E-state index < -0.39 is 63.9 Å². The van der Waals surface area contributed by atoms with E-state index in [0.717, 1.165) is 35.2 Å². The molecule has 2 aliphatic heterocycles. The summed E-state index contributed by atoms with van der Waals surface area (Å²) >= 11 is 2.13. The minimum atomic E-state index is -1.81. The summed E-state index contributed by atoms with van der Waals surface area (Å²) in [6.07, 6.45) is 2.77. The molecule has 0 saturated carbocycles. The van der Waals surface area contributed by atoms with Gasteiger partial charge in [0.1, 0.15) is 22.5 Å². The number of nitrogen functional groups attached to an aromatic ring is 3. The predicted molar refractivity (Wildman–Crippen MR) is 171 cm³/mol. The number of nitrogens with two attached hydrogens (primary N) is 3. The maximum absolute atomic E-state index is 13.4. The number of fused-ring (bicyclic) bond motifs is 1. The lowest BCUT2D eigenvalue weighted by Gasteiger charge is -2.53. The highest BCUT2D eigenvalue weighted by molar-refractivity contribution is 8.00. The Labute approximate surface area is 279 Å². The van der Waals surface area contributed by atoms with E-state index in [1.54, 1.807) is 17.6 Å². The number of nitrogens with one attached hydrogen (secondary N) is 1. The first-order chi connectivity index (χ1) is 22.7. The molecule has 4 heterocycles. The Bertz CT molecular complexity index is 1870. The number of carboxylic acids is 2. The van der Waals surface area contributed by atoms with Crippen molar-refractivity contribution in [2.24, 2.45) is 10.6 Å². The molecule has 0 spiro atoms. The van der Waals surface area contributed by atoms with E-state index >= 15 is 0 Å². The number of carbonyl (C=O) groups is 4. The van der Waals surface area contributed by atoms with Gasteiger partial charge in [0, 0.05) is 23.2 Å². The highest BCUT2D eigenvalue weighted by Gasteiger charge is 2.57. The quantitative estimate of drug-likeness (QED) is 0.0314. The summed E-state index contributed by atoms with van der Waals surface area (Å²) in [5, 5.41) is 46.4. The summed E-state index contributed by atoms with van der Waals surface area (Å²) in [6.45, 7) is 1.76. The number of anilines is 3. The number of nitrogens with zero attached hydrogens (tertiary/aromatic N) is 5. The van der Waals surface area contributed by atoms with Crippen molar-refractivity contribution in [1.29, 1.82) is 0 Å². The first-order valence-electron chi connectivity index (χ1n) is 14.0. The molecule has 0 bridgehead atoms. The van der Waals surface area contributed by atoms with Gasteiger partial charge in [-0.05, 0) is 19.1 Å². The summed E-state index contributed by atoms with van der Waals surface area (Å²) in [4.78, 5) is 65.7. The van der Waals surface area contributed by atoms with Crippen LogP contribution in [0.3, 0.4) is 0 Å². The summed E-state index contributed by atoms with van der Waals surface area (Å²) in [5.74, 6) is -4.51. The number of aliphatic carboxylic acids is 2. The van der Waals surface area contributed by atoms with Crippen molar-refractivity contribution in [3.8, 4) is 11.5 Å². The van der Waals surface area contributed by atoms with E-state index in [1.807, 2.05) is 0 Å². The SMILES string of the molecule is Cc1c(N)nc[n+](CC=CC2(C(=O)O)CS[C@@H]3C(NC(=O)C(=NOC(C(=O)O)c4ccc(O)c(O)c4)c4csc(N)n4)C(=O)N3C2)c1N. The van der Waals surface area contributed by atoms with Crippen molar-refractivity contribution in [2.45, 2.75) is 31.0 Å². The van der Waals surface area contributed by atoms with E-state index in [4.69, 9.17) is 22.0 Å². The summed E-state index contributed by atoms with van der Waals surface area (Å²) in [7, 11) is 0. The van der Waals surface area contributed by atoms with Crippen molar-refractivity contribution < 1.29 is 49.0 Å². The number of aromatic nitrogens is 3. The highest BCUT2D eigenvalue weighted by Crippen LogP contribution is 2.43. The van der Waals surface area contributed by atoms with Crippen LogP contribution < -0.4 is 27.1 Å². The summed E-state index contributed by atoms with van der Waals surface area (Å²) < 4.78 is 1.60. The number of oxime groups is 1. The smallest absolute Gasteiger partial charge is 0.352 e. The maximum Gasteiger partial charge on any atom is 0.352 e.